The molecule has 1 fully saturated rings. The lowest BCUT2D eigenvalue weighted by molar-refractivity contribution is 0.0889. The standard InChI is InChI=1S/C18H28N2O2/c1-5-18(3,4)14-6-8-15(9-7-14)20-17(22)16-10-13(11-19-16)12(2)21/h10-11,14-15,19H,5-9H2,1-4H3,(H,20,22). The molecule has 4 nitrogen and oxygen atoms in total. The van der Waals surface area contributed by atoms with E-state index in [0.717, 1.165) is 18.8 Å². The molecule has 1 amide bonds. The average Bonchev–Trinajstić information content (AvgIpc) is 2.98. The van der Waals surface area contributed by atoms with Gasteiger partial charge in [-0.05, 0) is 50.0 Å². The second kappa shape index (κ2) is 6.67. The number of carbonyl (C=O) groups excluding carboxylic acids is 2. The molecule has 0 aromatic carbocycles. The molecule has 0 spiro atoms. The van der Waals surface area contributed by atoms with Gasteiger partial charge in [0.2, 0.25) is 0 Å². The zero-order valence-corrected chi connectivity index (χ0v) is 14.2. The number of rotatable bonds is 5. The zero-order valence-electron chi connectivity index (χ0n) is 14.2. The van der Waals surface area contributed by atoms with Gasteiger partial charge in [-0.15, -0.1) is 0 Å². The van der Waals surface area contributed by atoms with E-state index in [1.807, 2.05) is 0 Å². The number of nitrogens with one attached hydrogen (secondary N) is 2. The van der Waals surface area contributed by atoms with Crippen LogP contribution < -0.4 is 5.32 Å². The van der Waals surface area contributed by atoms with Gasteiger partial charge in [-0.3, -0.25) is 9.59 Å². The molecule has 22 heavy (non-hydrogen) atoms. The van der Waals surface area contributed by atoms with Crippen LogP contribution in [0.4, 0.5) is 0 Å². The molecule has 0 bridgehead atoms. The quantitative estimate of drug-likeness (QED) is 0.809. The third kappa shape index (κ3) is 3.79. The minimum Gasteiger partial charge on any atom is -0.356 e. The van der Waals surface area contributed by atoms with Gasteiger partial charge in [0.1, 0.15) is 5.69 Å². The van der Waals surface area contributed by atoms with Crippen molar-refractivity contribution in [1.29, 1.82) is 0 Å². The molecule has 0 atom stereocenters. The highest BCUT2D eigenvalue weighted by Crippen LogP contribution is 2.40. The van der Waals surface area contributed by atoms with Crippen molar-refractivity contribution in [2.75, 3.05) is 0 Å². The molecule has 1 aromatic rings. The Labute approximate surface area is 133 Å². The van der Waals surface area contributed by atoms with Crippen molar-refractivity contribution < 1.29 is 9.59 Å². The summed E-state index contributed by atoms with van der Waals surface area (Å²) >= 11 is 0. The first-order valence-electron chi connectivity index (χ1n) is 8.33. The molecule has 1 aromatic heterocycles. The molecule has 122 valence electrons. The van der Waals surface area contributed by atoms with Crippen LogP contribution >= 0.6 is 0 Å². The van der Waals surface area contributed by atoms with Crippen LogP contribution in [-0.2, 0) is 0 Å². The highest BCUT2D eigenvalue weighted by atomic mass is 16.2. The van der Waals surface area contributed by atoms with Gasteiger partial charge in [0, 0.05) is 17.8 Å². The monoisotopic (exact) mass is 304 g/mol. The molecule has 1 aliphatic rings. The Hall–Kier alpha value is -1.58. The van der Waals surface area contributed by atoms with Crippen molar-refractivity contribution in [3.63, 3.8) is 0 Å². The average molecular weight is 304 g/mol. The number of hydrogen-bond donors (Lipinski definition) is 2. The molecule has 1 aliphatic carbocycles. The van der Waals surface area contributed by atoms with Gasteiger partial charge in [-0.1, -0.05) is 27.2 Å². The first-order valence-corrected chi connectivity index (χ1v) is 8.33. The van der Waals surface area contributed by atoms with E-state index >= 15 is 0 Å². The Morgan fingerprint density at radius 2 is 1.91 bits per heavy atom. The van der Waals surface area contributed by atoms with Gasteiger partial charge in [0.25, 0.3) is 5.91 Å². The van der Waals surface area contributed by atoms with Gasteiger partial charge >= 0.3 is 0 Å². The number of Topliss-reactive ketones (excluding diaryl/α,β-unsaturated/α-hetero) is 1. The van der Waals surface area contributed by atoms with Gasteiger partial charge in [0.05, 0.1) is 0 Å². The number of carbonyl (C=O) groups is 2. The number of aromatic nitrogens is 1. The summed E-state index contributed by atoms with van der Waals surface area (Å²) in [6, 6.07) is 1.88. The minimum absolute atomic E-state index is 0.0300. The predicted molar refractivity (Wildman–Crippen MR) is 88.1 cm³/mol. The van der Waals surface area contributed by atoms with E-state index in [1.165, 1.54) is 26.2 Å². The fourth-order valence-corrected chi connectivity index (χ4v) is 3.30. The summed E-state index contributed by atoms with van der Waals surface area (Å²) in [6.07, 6.45) is 7.23. The van der Waals surface area contributed by atoms with Crippen molar-refractivity contribution >= 4 is 11.7 Å². The third-order valence-corrected chi connectivity index (χ3v) is 5.41. The van der Waals surface area contributed by atoms with Gasteiger partial charge in [-0.25, -0.2) is 0 Å². The predicted octanol–water partition coefficient (Wildman–Crippen LogP) is 3.94. The molecular weight excluding hydrogens is 276 g/mol. The van der Waals surface area contributed by atoms with Crippen LogP contribution in [0.15, 0.2) is 12.3 Å². The lowest BCUT2D eigenvalue weighted by Crippen LogP contribution is -2.40. The van der Waals surface area contributed by atoms with Gasteiger partial charge in [-0.2, -0.15) is 0 Å². The van der Waals surface area contributed by atoms with E-state index in [-0.39, 0.29) is 17.7 Å². The van der Waals surface area contributed by atoms with Crippen LogP contribution in [0.5, 0.6) is 0 Å². The fraction of sp³-hybridized carbons (Fsp3) is 0.667. The first-order chi connectivity index (χ1) is 10.3. The number of H-pyrrole nitrogens is 1. The van der Waals surface area contributed by atoms with Crippen molar-refractivity contribution in [1.82, 2.24) is 10.3 Å². The first kappa shape index (κ1) is 16.8. The smallest absolute Gasteiger partial charge is 0.267 e. The normalized spacial score (nSPS) is 22.4. The summed E-state index contributed by atoms with van der Waals surface area (Å²) < 4.78 is 0. The van der Waals surface area contributed by atoms with Crippen LogP contribution in [0.1, 0.15) is 80.6 Å². The Morgan fingerprint density at radius 1 is 1.27 bits per heavy atom. The highest BCUT2D eigenvalue weighted by Gasteiger charge is 2.32. The molecule has 1 saturated carbocycles. The largest absolute Gasteiger partial charge is 0.356 e. The Bertz CT molecular complexity index is 537. The lowest BCUT2D eigenvalue weighted by Gasteiger charge is -2.39. The van der Waals surface area contributed by atoms with Crippen molar-refractivity contribution in [3.05, 3.63) is 23.5 Å². The number of ketones is 1. The van der Waals surface area contributed by atoms with E-state index < -0.39 is 0 Å². The summed E-state index contributed by atoms with van der Waals surface area (Å²) in [5.41, 5.74) is 1.42. The highest BCUT2D eigenvalue weighted by molar-refractivity contribution is 5.99. The Morgan fingerprint density at radius 3 is 2.41 bits per heavy atom. The van der Waals surface area contributed by atoms with Crippen LogP contribution in [0.2, 0.25) is 0 Å². The van der Waals surface area contributed by atoms with Crippen molar-refractivity contribution in [3.8, 4) is 0 Å². The molecule has 0 unspecified atom stereocenters. The second-order valence-electron chi connectivity index (χ2n) is 7.22. The van der Waals surface area contributed by atoms with E-state index in [4.69, 9.17) is 0 Å². The van der Waals surface area contributed by atoms with Crippen LogP contribution in [-0.4, -0.2) is 22.7 Å². The van der Waals surface area contributed by atoms with E-state index in [2.05, 4.69) is 31.1 Å². The molecule has 2 N–H and O–H groups in total. The Kier molecular flexibility index (Phi) is 5.09. The maximum atomic E-state index is 12.2. The Balaban J connectivity index is 1.87. The maximum absolute atomic E-state index is 12.2. The third-order valence-electron chi connectivity index (χ3n) is 5.41. The SMILES string of the molecule is CCC(C)(C)C1CCC(NC(=O)c2cc(C(C)=O)c[nH]2)CC1. The summed E-state index contributed by atoms with van der Waals surface area (Å²) in [4.78, 5) is 26.4. The van der Waals surface area contributed by atoms with E-state index in [1.54, 1.807) is 12.3 Å². The summed E-state index contributed by atoms with van der Waals surface area (Å²) in [7, 11) is 0. The van der Waals surface area contributed by atoms with Crippen molar-refractivity contribution in [2.24, 2.45) is 11.3 Å². The minimum atomic E-state index is -0.106. The summed E-state index contributed by atoms with van der Waals surface area (Å²) in [6.45, 7) is 8.45. The molecule has 4 heteroatoms. The second-order valence-corrected chi connectivity index (χ2v) is 7.22. The van der Waals surface area contributed by atoms with Crippen LogP contribution in [0, 0.1) is 11.3 Å². The number of hydrogen-bond acceptors (Lipinski definition) is 2. The summed E-state index contributed by atoms with van der Waals surface area (Å²) in [5, 5.41) is 3.10. The molecular formula is C18H28N2O2. The zero-order chi connectivity index (χ0) is 16.3. The van der Waals surface area contributed by atoms with Crippen LogP contribution in [0.25, 0.3) is 0 Å². The lowest BCUT2D eigenvalue weighted by atomic mass is 9.69. The number of amides is 1. The van der Waals surface area contributed by atoms with E-state index in [0.29, 0.717) is 16.7 Å². The van der Waals surface area contributed by atoms with Crippen molar-refractivity contribution in [2.45, 2.75) is 65.8 Å². The van der Waals surface area contributed by atoms with Gasteiger partial charge < -0.3 is 10.3 Å². The molecule has 0 radical (unpaired) electrons. The molecule has 0 aliphatic heterocycles. The van der Waals surface area contributed by atoms with E-state index in [9.17, 15) is 9.59 Å². The summed E-state index contributed by atoms with van der Waals surface area (Å²) in [5.74, 6) is 0.615. The van der Waals surface area contributed by atoms with Gasteiger partial charge in [0.15, 0.2) is 5.78 Å². The number of aromatic amines is 1. The topological polar surface area (TPSA) is 62.0 Å². The van der Waals surface area contributed by atoms with Crippen LogP contribution in [0.3, 0.4) is 0 Å². The maximum Gasteiger partial charge on any atom is 0.267 e. The molecule has 2 rings (SSSR count). The molecule has 0 saturated heterocycles. The fourth-order valence-electron chi connectivity index (χ4n) is 3.30. The molecule has 1 heterocycles.